The Morgan fingerprint density at radius 1 is 1.00 bits per heavy atom. The average Bonchev–Trinajstić information content (AvgIpc) is 2.81. The van der Waals surface area contributed by atoms with Gasteiger partial charge in [-0.3, -0.25) is 0 Å². The Kier molecular flexibility index (Phi) is 2.54. The number of rotatable bonds is 4. The van der Waals surface area contributed by atoms with Gasteiger partial charge in [0.05, 0.1) is 0 Å². The highest BCUT2D eigenvalue weighted by Crippen LogP contribution is 2.58. The van der Waals surface area contributed by atoms with E-state index in [-0.39, 0.29) is 0 Å². The smallest absolute Gasteiger partial charge is 0.0101 e. The molecule has 0 aliphatic heterocycles. The summed E-state index contributed by atoms with van der Waals surface area (Å²) in [4.78, 5) is 0. The SMILES string of the molecule is CC(CNC1CC2CC1C1CCCC21)C1CC1. The third kappa shape index (κ3) is 1.77. The van der Waals surface area contributed by atoms with Gasteiger partial charge >= 0.3 is 0 Å². The minimum Gasteiger partial charge on any atom is -0.313 e. The molecule has 0 aromatic heterocycles. The van der Waals surface area contributed by atoms with Gasteiger partial charge in [-0.1, -0.05) is 13.3 Å². The Labute approximate surface area is 106 Å². The van der Waals surface area contributed by atoms with Crippen molar-refractivity contribution in [1.82, 2.24) is 5.32 Å². The minimum absolute atomic E-state index is 0.903. The summed E-state index contributed by atoms with van der Waals surface area (Å²) in [6.45, 7) is 3.76. The molecule has 4 saturated carbocycles. The molecule has 1 heteroatoms. The van der Waals surface area contributed by atoms with Gasteiger partial charge in [0.25, 0.3) is 0 Å². The number of hydrogen-bond acceptors (Lipinski definition) is 1. The van der Waals surface area contributed by atoms with Crippen molar-refractivity contribution in [3.05, 3.63) is 0 Å². The van der Waals surface area contributed by atoms with Gasteiger partial charge in [-0.2, -0.15) is 0 Å². The maximum absolute atomic E-state index is 3.95. The molecular weight excluding hydrogens is 206 g/mol. The quantitative estimate of drug-likeness (QED) is 0.784. The van der Waals surface area contributed by atoms with Crippen LogP contribution in [0, 0.1) is 35.5 Å². The largest absolute Gasteiger partial charge is 0.313 e. The molecule has 0 spiro atoms. The van der Waals surface area contributed by atoms with Crippen LogP contribution in [-0.4, -0.2) is 12.6 Å². The summed E-state index contributed by atoms with van der Waals surface area (Å²) in [6.07, 6.45) is 10.8. The Morgan fingerprint density at radius 3 is 2.65 bits per heavy atom. The van der Waals surface area contributed by atoms with Crippen LogP contribution in [0.1, 0.15) is 51.9 Å². The first-order valence-electron chi connectivity index (χ1n) is 8.06. The molecule has 0 aromatic rings. The molecular formula is C16H27N. The first-order valence-corrected chi connectivity index (χ1v) is 8.06. The highest BCUT2D eigenvalue weighted by molar-refractivity contribution is 5.05. The van der Waals surface area contributed by atoms with Crippen LogP contribution in [0.4, 0.5) is 0 Å². The van der Waals surface area contributed by atoms with E-state index in [2.05, 4.69) is 12.2 Å². The van der Waals surface area contributed by atoms with Crippen molar-refractivity contribution >= 4 is 0 Å². The van der Waals surface area contributed by atoms with E-state index in [0.29, 0.717) is 0 Å². The van der Waals surface area contributed by atoms with E-state index in [1.807, 2.05) is 0 Å². The van der Waals surface area contributed by atoms with Crippen molar-refractivity contribution in [2.75, 3.05) is 6.54 Å². The second-order valence-corrected chi connectivity index (χ2v) is 7.48. The zero-order valence-corrected chi connectivity index (χ0v) is 11.2. The molecule has 4 fully saturated rings. The molecule has 1 nitrogen and oxygen atoms in total. The maximum Gasteiger partial charge on any atom is 0.0101 e. The third-order valence-corrected chi connectivity index (χ3v) is 6.56. The van der Waals surface area contributed by atoms with E-state index in [1.54, 1.807) is 19.3 Å². The molecule has 0 amide bonds. The minimum atomic E-state index is 0.903. The summed E-state index contributed by atoms with van der Waals surface area (Å²) in [5.74, 6) is 6.47. The molecule has 2 bridgehead atoms. The zero-order chi connectivity index (χ0) is 11.4. The first kappa shape index (κ1) is 10.8. The number of nitrogens with one attached hydrogen (secondary N) is 1. The predicted octanol–water partition coefficient (Wildman–Crippen LogP) is 3.45. The molecule has 4 rings (SSSR count). The van der Waals surface area contributed by atoms with Crippen LogP contribution in [0.3, 0.4) is 0 Å². The molecule has 1 N–H and O–H groups in total. The fraction of sp³-hybridized carbons (Fsp3) is 1.00. The van der Waals surface area contributed by atoms with Gasteiger partial charge in [-0.05, 0) is 80.6 Å². The van der Waals surface area contributed by atoms with E-state index in [1.165, 1.54) is 32.2 Å². The van der Waals surface area contributed by atoms with E-state index in [9.17, 15) is 0 Å². The standard InChI is InChI=1S/C16H27N/c1-10(11-5-6-11)9-17-16-8-12-7-15(16)14-4-2-3-13(12)14/h10-17H,2-9H2,1H3. The van der Waals surface area contributed by atoms with Gasteiger partial charge in [-0.25, -0.2) is 0 Å². The second kappa shape index (κ2) is 3.98. The molecule has 0 saturated heterocycles. The van der Waals surface area contributed by atoms with E-state index >= 15 is 0 Å². The first-order chi connectivity index (χ1) is 8.33. The van der Waals surface area contributed by atoms with Crippen LogP contribution in [0.15, 0.2) is 0 Å². The van der Waals surface area contributed by atoms with E-state index < -0.39 is 0 Å². The Morgan fingerprint density at radius 2 is 1.82 bits per heavy atom. The van der Waals surface area contributed by atoms with E-state index in [0.717, 1.165) is 41.5 Å². The van der Waals surface area contributed by atoms with Gasteiger partial charge in [0.15, 0.2) is 0 Å². The van der Waals surface area contributed by atoms with Crippen molar-refractivity contribution in [3.8, 4) is 0 Å². The van der Waals surface area contributed by atoms with E-state index in [4.69, 9.17) is 0 Å². The van der Waals surface area contributed by atoms with Gasteiger partial charge < -0.3 is 5.32 Å². The Hall–Kier alpha value is -0.0400. The normalized spacial score (nSPS) is 49.6. The molecule has 0 aromatic carbocycles. The summed E-state index contributed by atoms with van der Waals surface area (Å²) in [7, 11) is 0. The lowest BCUT2D eigenvalue weighted by atomic mass is 9.79. The maximum atomic E-state index is 3.95. The third-order valence-electron chi connectivity index (χ3n) is 6.56. The molecule has 0 radical (unpaired) electrons. The lowest BCUT2D eigenvalue weighted by molar-refractivity contribution is 0.203. The molecule has 0 heterocycles. The van der Waals surface area contributed by atoms with Gasteiger partial charge in [0, 0.05) is 6.04 Å². The van der Waals surface area contributed by atoms with Crippen LogP contribution < -0.4 is 5.32 Å². The van der Waals surface area contributed by atoms with Crippen LogP contribution in [0.2, 0.25) is 0 Å². The van der Waals surface area contributed by atoms with Gasteiger partial charge in [-0.15, -0.1) is 0 Å². The summed E-state index contributed by atoms with van der Waals surface area (Å²) < 4.78 is 0. The fourth-order valence-electron chi connectivity index (χ4n) is 5.47. The molecule has 96 valence electrons. The van der Waals surface area contributed by atoms with Crippen molar-refractivity contribution in [3.63, 3.8) is 0 Å². The van der Waals surface area contributed by atoms with Crippen molar-refractivity contribution in [2.45, 2.75) is 57.9 Å². The monoisotopic (exact) mass is 233 g/mol. The Balaban J connectivity index is 1.34. The summed E-state index contributed by atoms with van der Waals surface area (Å²) in [5, 5.41) is 3.95. The van der Waals surface area contributed by atoms with Crippen molar-refractivity contribution in [2.24, 2.45) is 35.5 Å². The van der Waals surface area contributed by atoms with Crippen molar-refractivity contribution < 1.29 is 0 Å². The van der Waals surface area contributed by atoms with Gasteiger partial charge in [0.1, 0.15) is 0 Å². The molecule has 4 aliphatic rings. The molecule has 6 unspecified atom stereocenters. The molecule has 4 aliphatic carbocycles. The molecule has 17 heavy (non-hydrogen) atoms. The summed E-state index contributed by atoms with van der Waals surface area (Å²) in [5.41, 5.74) is 0. The lowest BCUT2D eigenvalue weighted by Gasteiger charge is -2.33. The number of fused-ring (bicyclic) bond motifs is 5. The summed E-state index contributed by atoms with van der Waals surface area (Å²) >= 11 is 0. The predicted molar refractivity (Wildman–Crippen MR) is 70.7 cm³/mol. The van der Waals surface area contributed by atoms with Gasteiger partial charge in [0.2, 0.25) is 0 Å². The van der Waals surface area contributed by atoms with Crippen LogP contribution in [0.25, 0.3) is 0 Å². The lowest BCUT2D eigenvalue weighted by Crippen LogP contribution is -2.41. The van der Waals surface area contributed by atoms with Crippen molar-refractivity contribution in [1.29, 1.82) is 0 Å². The van der Waals surface area contributed by atoms with Crippen LogP contribution >= 0.6 is 0 Å². The molecule has 6 atom stereocenters. The van der Waals surface area contributed by atoms with Crippen LogP contribution in [0.5, 0.6) is 0 Å². The second-order valence-electron chi connectivity index (χ2n) is 7.48. The fourth-order valence-corrected chi connectivity index (χ4v) is 5.47. The zero-order valence-electron chi connectivity index (χ0n) is 11.2. The number of hydrogen-bond donors (Lipinski definition) is 1. The summed E-state index contributed by atoms with van der Waals surface area (Å²) in [6, 6.07) is 0.903. The topological polar surface area (TPSA) is 12.0 Å². The Bertz CT molecular complexity index is 296. The van der Waals surface area contributed by atoms with Crippen LogP contribution in [-0.2, 0) is 0 Å². The highest BCUT2D eigenvalue weighted by Gasteiger charge is 2.53. The average molecular weight is 233 g/mol. The highest BCUT2D eigenvalue weighted by atomic mass is 14.9.